The molecule has 3 aromatic carbocycles. The van der Waals surface area contributed by atoms with Crippen LogP contribution in [0.3, 0.4) is 0 Å². The molecule has 3 rings (SSSR count). The Balaban J connectivity index is 1.61. The van der Waals surface area contributed by atoms with Gasteiger partial charge in [-0.1, -0.05) is 30.9 Å². The van der Waals surface area contributed by atoms with Crippen molar-refractivity contribution in [3.05, 3.63) is 90.5 Å². The highest BCUT2D eigenvalue weighted by Gasteiger charge is 2.12. The van der Waals surface area contributed by atoms with Crippen molar-refractivity contribution in [2.45, 2.75) is 13.8 Å². The zero-order valence-electron chi connectivity index (χ0n) is 21.4. The highest BCUT2D eigenvalue weighted by molar-refractivity contribution is 5.95. The van der Waals surface area contributed by atoms with E-state index in [0.29, 0.717) is 59.6 Å². The SMILES string of the molecule is C=CCOc1ccc(C(=O)N/N=C/c2ccc(OCC(=O)Nc3ccccc3)c(OCC)c2)cc1OCC. The molecule has 0 aliphatic rings. The highest BCUT2D eigenvalue weighted by atomic mass is 16.5. The standard InChI is InChI=1S/C29H31N3O6/c1-4-16-37-24-15-13-22(18-27(24)36-6-3)29(34)32-30-19-21-12-14-25(26(17-21)35-5-2)38-20-28(33)31-23-10-8-7-9-11-23/h4,7-15,17-19H,1,5-6,16,20H2,2-3H3,(H,31,33)(H,32,34)/b30-19+. The molecule has 0 heterocycles. The van der Waals surface area contributed by atoms with Gasteiger partial charge in [-0.25, -0.2) is 5.43 Å². The van der Waals surface area contributed by atoms with E-state index in [1.165, 1.54) is 6.21 Å². The fourth-order valence-electron chi connectivity index (χ4n) is 3.27. The molecule has 0 saturated heterocycles. The van der Waals surface area contributed by atoms with Crippen molar-refractivity contribution in [3.8, 4) is 23.0 Å². The Hall–Kier alpha value is -4.79. The maximum Gasteiger partial charge on any atom is 0.271 e. The van der Waals surface area contributed by atoms with Crippen LogP contribution in [0.5, 0.6) is 23.0 Å². The lowest BCUT2D eigenvalue weighted by molar-refractivity contribution is -0.118. The number of nitrogens with one attached hydrogen (secondary N) is 2. The van der Waals surface area contributed by atoms with E-state index in [1.54, 1.807) is 54.6 Å². The van der Waals surface area contributed by atoms with Gasteiger partial charge in [0.05, 0.1) is 19.4 Å². The highest BCUT2D eigenvalue weighted by Crippen LogP contribution is 2.29. The minimum Gasteiger partial charge on any atom is -0.490 e. The van der Waals surface area contributed by atoms with E-state index in [2.05, 4.69) is 22.4 Å². The van der Waals surface area contributed by atoms with Crippen LogP contribution in [0.1, 0.15) is 29.8 Å². The molecule has 2 amide bonds. The van der Waals surface area contributed by atoms with Crippen molar-refractivity contribution in [2.24, 2.45) is 5.10 Å². The lowest BCUT2D eigenvalue weighted by Gasteiger charge is -2.13. The second-order valence-electron chi connectivity index (χ2n) is 7.74. The van der Waals surface area contributed by atoms with Gasteiger partial charge in [0.2, 0.25) is 0 Å². The van der Waals surface area contributed by atoms with Crippen molar-refractivity contribution < 1.29 is 28.5 Å². The molecule has 0 bridgehead atoms. The Morgan fingerprint density at radius 3 is 2.24 bits per heavy atom. The number of anilines is 1. The van der Waals surface area contributed by atoms with E-state index in [4.69, 9.17) is 18.9 Å². The molecule has 0 saturated carbocycles. The molecule has 0 unspecified atom stereocenters. The van der Waals surface area contributed by atoms with Crippen molar-refractivity contribution >= 4 is 23.7 Å². The first-order valence-electron chi connectivity index (χ1n) is 12.1. The van der Waals surface area contributed by atoms with Gasteiger partial charge in [-0.3, -0.25) is 9.59 Å². The van der Waals surface area contributed by atoms with Crippen LogP contribution in [-0.4, -0.2) is 44.5 Å². The molecular formula is C29H31N3O6. The molecule has 38 heavy (non-hydrogen) atoms. The Bertz CT molecular complexity index is 1260. The number of rotatable bonds is 14. The van der Waals surface area contributed by atoms with Crippen LogP contribution >= 0.6 is 0 Å². The summed E-state index contributed by atoms with van der Waals surface area (Å²) in [7, 11) is 0. The summed E-state index contributed by atoms with van der Waals surface area (Å²) < 4.78 is 22.5. The number of nitrogens with zero attached hydrogens (tertiary/aromatic N) is 1. The van der Waals surface area contributed by atoms with Crippen LogP contribution in [0.4, 0.5) is 5.69 Å². The summed E-state index contributed by atoms with van der Waals surface area (Å²) in [6.45, 7) is 8.29. The number of benzene rings is 3. The van der Waals surface area contributed by atoms with Gasteiger partial charge in [0.15, 0.2) is 29.6 Å². The number of carbonyl (C=O) groups excluding carboxylic acids is 2. The monoisotopic (exact) mass is 517 g/mol. The predicted molar refractivity (Wildman–Crippen MR) is 147 cm³/mol. The summed E-state index contributed by atoms with van der Waals surface area (Å²) in [5.41, 5.74) is 4.22. The van der Waals surface area contributed by atoms with Gasteiger partial charge in [0, 0.05) is 11.3 Å². The van der Waals surface area contributed by atoms with E-state index < -0.39 is 5.91 Å². The van der Waals surface area contributed by atoms with E-state index in [-0.39, 0.29) is 12.5 Å². The van der Waals surface area contributed by atoms with Crippen LogP contribution in [0, 0.1) is 0 Å². The summed E-state index contributed by atoms with van der Waals surface area (Å²) in [6.07, 6.45) is 3.11. The fourth-order valence-corrected chi connectivity index (χ4v) is 3.27. The predicted octanol–water partition coefficient (Wildman–Crippen LogP) is 4.83. The minimum atomic E-state index is -0.410. The fraction of sp³-hybridized carbons (Fsp3) is 0.207. The van der Waals surface area contributed by atoms with Crippen LogP contribution in [0.25, 0.3) is 0 Å². The normalized spacial score (nSPS) is 10.5. The summed E-state index contributed by atoms with van der Waals surface area (Å²) in [6, 6.07) is 19.1. The van der Waals surface area contributed by atoms with Crippen molar-refractivity contribution in [1.82, 2.24) is 5.43 Å². The first-order chi connectivity index (χ1) is 18.5. The lowest BCUT2D eigenvalue weighted by atomic mass is 10.2. The summed E-state index contributed by atoms with van der Waals surface area (Å²) in [5.74, 6) is 1.15. The van der Waals surface area contributed by atoms with Crippen molar-refractivity contribution in [3.63, 3.8) is 0 Å². The quantitative estimate of drug-likeness (QED) is 0.180. The van der Waals surface area contributed by atoms with Crippen LogP contribution in [0.15, 0.2) is 84.5 Å². The second kappa shape index (κ2) is 14.7. The minimum absolute atomic E-state index is 0.181. The van der Waals surface area contributed by atoms with Crippen LogP contribution in [0.2, 0.25) is 0 Å². The van der Waals surface area contributed by atoms with E-state index >= 15 is 0 Å². The molecule has 0 radical (unpaired) electrons. The zero-order chi connectivity index (χ0) is 27.2. The van der Waals surface area contributed by atoms with Gasteiger partial charge < -0.3 is 24.3 Å². The Labute approximate surface area is 222 Å². The number of hydrogen-bond donors (Lipinski definition) is 2. The first kappa shape index (κ1) is 27.8. The second-order valence-corrected chi connectivity index (χ2v) is 7.74. The average molecular weight is 518 g/mol. The van der Waals surface area contributed by atoms with Gasteiger partial charge in [-0.05, 0) is 67.9 Å². The van der Waals surface area contributed by atoms with Gasteiger partial charge in [0.1, 0.15) is 6.61 Å². The third-order valence-electron chi connectivity index (χ3n) is 4.93. The molecule has 0 aliphatic carbocycles. The number of carbonyl (C=O) groups is 2. The summed E-state index contributed by atoms with van der Waals surface area (Å²) >= 11 is 0. The van der Waals surface area contributed by atoms with Gasteiger partial charge in [-0.15, -0.1) is 0 Å². The Morgan fingerprint density at radius 2 is 1.53 bits per heavy atom. The van der Waals surface area contributed by atoms with Crippen molar-refractivity contribution in [1.29, 1.82) is 0 Å². The molecular weight excluding hydrogens is 486 g/mol. The molecule has 0 aromatic heterocycles. The molecule has 3 aromatic rings. The molecule has 0 aliphatic heterocycles. The number of hydrogen-bond acceptors (Lipinski definition) is 7. The van der Waals surface area contributed by atoms with Crippen LogP contribution in [-0.2, 0) is 4.79 Å². The molecule has 0 atom stereocenters. The Morgan fingerprint density at radius 1 is 0.842 bits per heavy atom. The molecule has 9 nitrogen and oxygen atoms in total. The Kier molecular flexibility index (Phi) is 10.7. The first-order valence-corrected chi connectivity index (χ1v) is 12.1. The topological polar surface area (TPSA) is 107 Å². The maximum atomic E-state index is 12.6. The largest absolute Gasteiger partial charge is 0.490 e. The van der Waals surface area contributed by atoms with E-state index in [1.807, 2.05) is 32.0 Å². The van der Waals surface area contributed by atoms with Gasteiger partial charge >= 0.3 is 0 Å². The van der Waals surface area contributed by atoms with E-state index in [0.717, 1.165) is 0 Å². The zero-order valence-corrected chi connectivity index (χ0v) is 21.4. The average Bonchev–Trinajstić information content (AvgIpc) is 2.92. The number of amides is 2. The summed E-state index contributed by atoms with van der Waals surface area (Å²) in [4.78, 5) is 24.8. The number of para-hydroxylation sites is 1. The smallest absolute Gasteiger partial charge is 0.271 e. The number of ether oxygens (including phenoxy) is 4. The van der Waals surface area contributed by atoms with Crippen molar-refractivity contribution in [2.75, 3.05) is 31.7 Å². The van der Waals surface area contributed by atoms with Gasteiger partial charge in [0.25, 0.3) is 11.8 Å². The molecule has 2 N–H and O–H groups in total. The third-order valence-corrected chi connectivity index (χ3v) is 4.93. The molecule has 0 spiro atoms. The summed E-state index contributed by atoms with van der Waals surface area (Å²) in [5, 5.41) is 6.81. The van der Waals surface area contributed by atoms with E-state index in [9.17, 15) is 9.59 Å². The molecule has 198 valence electrons. The lowest BCUT2D eigenvalue weighted by Crippen LogP contribution is -2.20. The third kappa shape index (κ3) is 8.41. The molecule has 0 fully saturated rings. The van der Waals surface area contributed by atoms with Crippen LogP contribution < -0.4 is 29.7 Å². The maximum absolute atomic E-state index is 12.6. The molecule has 9 heteroatoms. The van der Waals surface area contributed by atoms with Gasteiger partial charge in [-0.2, -0.15) is 5.10 Å². The number of hydrazone groups is 1.